The molecule has 0 atom stereocenters. The molecule has 0 spiro atoms. The van der Waals surface area contributed by atoms with Gasteiger partial charge in [-0.1, -0.05) is 5.21 Å². The van der Waals surface area contributed by atoms with E-state index in [-0.39, 0.29) is 12.5 Å². The molecular formula is C10H14N8O. The van der Waals surface area contributed by atoms with Gasteiger partial charge in [0.15, 0.2) is 0 Å². The Morgan fingerprint density at radius 2 is 2.05 bits per heavy atom. The summed E-state index contributed by atoms with van der Waals surface area (Å²) in [6.45, 7) is 1.65. The van der Waals surface area contributed by atoms with Crippen molar-refractivity contribution < 1.29 is 4.79 Å². The second kappa shape index (κ2) is 5.12. The predicted octanol–water partition coefficient (Wildman–Crippen LogP) is -0.872. The van der Waals surface area contributed by atoms with Crippen molar-refractivity contribution in [2.45, 2.75) is 25.4 Å². The molecule has 0 bridgehead atoms. The first-order chi connectivity index (χ1) is 9.33. The monoisotopic (exact) mass is 262 g/mol. The van der Waals surface area contributed by atoms with Gasteiger partial charge in [-0.2, -0.15) is 0 Å². The Morgan fingerprint density at radius 1 is 1.21 bits per heavy atom. The van der Waals surface area contributed by atoms with E-state index in [2.05, 4.69) is 25.8 Å². The highest BCUT2D eigenvalue weighted by Gasteiger charge is 2.24. The van der Waals surface area contributed by atoms with Crippen LogP contribution in [0.5, 0.6) is 0 Å². The first kappa shape index (κ1) is 11.8. The van der Waals surface area contributed by atoms with Crippen molar-refractivity contribution in [2.24, 2.45) is 0 Å². The van der Waals surface area contributed by atoms with Gasteiger partial charge < -0.3 is 4.90 Å². The van der Waals surface area contributed by atoms with Gasteiger partial charge in [0.2, 0.25) is 5.91 Å². The first-order valence-corrected chi connectivity index (χ1v) is 6.17. The van der Waals surface area contributed by atoms with Crippen molar-refractivity contribution in [3.05, 3.63) is 18.7 Å². The predicted molar refractivity (Wildman–Crippen MR) is 62.7 cm³/mol. The average Bonchev–Trinajstić information content (AvgIpc) is 3.12. The van der Waals surface area contributed by atoms with Crippen LogP contribution in [-0.2, 0) is 11.3 Å². The molecule has 1 aliphatic heterocycles. The largest absolute Gasteiger partial charge is 0.341 e. The zero-order valence-electron chi connectivity index (χ0n) is 10.3. The van der Waals surface area contributed by atoms with Crippen molar-refractivity contribution in [3.8, 4) is 0 Å². The number of hydrogen-bond donors (Lipinski definition) is 0. The number of carbonyl (C=O) groups excluding carboxylic acids is 1. The van der Waals surface area contributed by atoms with Crippen LogP contribution in [0.1, 0.15) is 18.9 Å². The number of carbonyl (C=O) groups is 1. The molecule has 0 aliphatic carbocycles. The Hall–Kier alpha value is -2.32. The molecule has 0 aromatic carbocycles. The summed E-state index contributed by atoms with van der Waals surface area (Å²) < 4.78 is 3.30. The van der Waals surface area contributed by atoms with Gasteiger partial charge in [-0.25, -0.2) is 9.36 Å². The third kappa shape index (κ3) is 2.59. The standard InChI is InChI=1S/C10H14N8O/c19-10(7-17-8-12-13-15-17)16-4-1-9(2-5-16)18-6-3-11-14-18/h3,6,8-9H,1-2,4-5,7H2. The highest BCUT2D eigenvalue weighted by molar-refractivity contribution is 5.75. The molecule has 3 heterocycles. The van der Waals surface area contributed by atoms with Gasteiger partial charge in [0.25, 0.3) is 0 Å². The lowest BCUT2D eigenvalue weighted by Crippen LogP contribution is -2.40. The van der Waals surface area contributed by atoms with Crippen LogP contribution in [0.15, 0.2) is 18.7 Å². The van der Waals surface area contributed by atoms with Gasteiger partial charge in [0, 0.05) is 19.3 Å². The maximum Gasteiger partial charge on any atom is 0.244 e. The third-order valence-electron chi connectivity index (χ3n) is 3.32. The molecule has 1 saturated heterocycles. The molecule has 1 fully saturated rings. The molecule has 19 heavy (non-hydrogen) atoms. The number of nitrogens with zero attached hydrogens (tertiary/aromatic N) is 8. The van der Waals surface area contributed by atoms with Gasteiger partial charge in [-0.3, -0.25) is 4.79 Å². The molecule has 2 aromatic rings. The fourth-order valence-electron chi connectivity index (χ4n) is 2.28. The van der Waals surface area contributed by atoms with Crippen LogP contribution in [-0.4, -0.2) is 59.1 Å². The smallest absolute Gasteiger partial charge is 0.244 e. The molecule has 0 unspecified atom stereocenters. The number of aromatic nitrogens is 7. The molecule has 0 N–H and O–H groups in total. The van der Waals surface area contributed by atoms with E-state index in [1.807, 2.05) is 15.8 Å². The summed E-state index contributed by atoms with van der Waals surface area (Å²) in [6, 6.07) is 0.333. The van der Waals surface area contributed by atoms with Crippen LogP contribution in [0.25, 0.3) is 0 Å². The maximum atomic E-state index is 12.0. The van der Waals surface area contributed by atoms with E-state index in [1.165, 1.54) is 11.0 Å². The third-order valence-corrected chi connectivity index (χ3v) is 3.32. The topological polar surface area (TPSA) is 94.6 Å². The van der Waals surface area contributed by atoms with Crippen molar-refractivity contribution in [3.63, 3.8) is 0 Å². The Balaban J connectivity index is 1.54. The van der Waals surface area contributed by atoms with Gasteiger partial charge in [0.1, 0.15) is 12.9 Å². The van der Waals surface area contributed by atoms with E-state index in [1.54, 1.807) is 6.20 Å². The summed E-state index contributed by atoms with van der Waals surface area (Å²) in [7, 11) is 0. The molecule has 1 amide bonds. The van der Waals surface area contributed by atoms with Crippen LogP contribution in [0, 0.1) is 0 Å². The highest BCUT2D eigenvalue weighted by atomic mass is 16.2. The van der Waals surface area contributed by atoms with Gasteiger partial charge in [-0.05, 0) is 23.3 Å². The quantitative estimate of drug-likeness (QED) is 0.713. The van der Waals surface area contributed by atoms with E-state index >= 15 is 0 Å². The second-order valence-electron chi connectivity index (χ2n) is 4.50. The SMILES string of the molecule is O=C(Cn1cnnn1)N1CCC(n2ccnn2)CC1. The van der Waals surface area contributed by atoms with Gasteiger partial charge in [0.05, 0.1) is 12.2 Å². The minimum atomic E-state index is 0.0457. The van der Waals surface area contributed by atoms with Crippen LogP contribution < -0.4 is 0 Å². The van der Waals surface area contributed by atoms with Crippen molar-refractivity contribution in [1.82, 2.24) is 40.1 Å². The Labute approximate surface area is 109 Å². The molecule has 0 saturated carbocycles. The van der Waals surface area contributed by atoms with E-state index in [0.717, 1.165) is 25.9 Å². The van der Waals surface area contributed by atoms with Crippen LogP contribution in [0.4, 0.5) is 0 Å². The Morgan fingerprint density at radius 3 is 2.68 bits per heavy atom. The molecule has 1 aliphatic rings. The molecular weight excluding hydrogens is 248 g/mol. The molecule has 9 heteroatoms. The minimum Gasteiger partial charge on any atom is -0.341 e. The minimum absolute atomic E-state index is 0.0457. The lowest BCUT2D eigenvalue weighted by molar-refractivity contribution is -0.133. The normalized spacial score (nSPS) is 16.7. The summed E-state index contributed by atoms with van der Waals surface area (Å²) in [5.41, 5.74) is 0. The number of likely N-dealkylation sites (tertiary alicyclic amines) is 1. The fourth-order valence-corrected chi connectivity index (χ4v) is 2.28. The number of rotatable bonds is 3. The van der Waals surface area contributed by atoms with Crippen molar-refractivity contribution in [2.75, 3.05) is 13.1 Å². The summed E-state index contributed by atoms with van der Waals surface area (Å²) in [5.74, 6) is 0.0457. The average molecular weight is 262 g/mol. The zero-order valence-corrected chi connectivity index (χ0v) is 10.3. The molecule has 0 radical (unpaired) electrons. The zero-order chi connectivity index (χ0) is 13.1. The molecule has 100 valence electrons. The van der Waals surface area contributed by atoms with Gasteiger partial charge >= 0.3 is 0 Å². The summed E-state index contributed by atoms with van der Waals surface area (Å²) >= 11 is 0. The maximum absolute atomic E-state index is 12.0. The summed E-state index contributed by atoms with van der Waals surface area (Å²) in [6.07, 6.45) is 6.77. The first-order valence-electron chi connectivity index (χ1n) is 6.17. The Kier molecular flexibility index (Phi) is 3.17. The van der Waals surface area contributed by atoms with E-state index in [0.29, 0.717) is 6.04 Å². The number of tetrazole rings is 1. The van der Waals surface area contributed by atoms with Crippen LogP contribution in [0.2, 0.25) is 0 Å². The lowest BCUT2D eigenvalue weighted by Gasteiger charge is -2.31. The number of hydrogen-bond acceptors (Lipinski definition) is 6. The summed E-state index contributed by atoms with van der Waals surface area (Å²) in [4.78, 5) is 13.9. The number of amides is 1. The summed E-state index contributed by atoms with van der Waals surface area (Å²) in [5, 5.41) is 18.5. The Bertz CT molecular complexity index is 514. The highest BCUT2D eigenvalue weighted by Crippen LogP contribution is 2.21. The van der Waals surface area contributed by atoms with Crippen LogP contribution >= 0.6 is 0 Å². The lowest BCUT2D eigenvalue weighted by atomic mass is 10.1. The van der Waals surface area contributed by atoms with Gasteiger partial charge in [-0.15, -0.1) is 10.2 Å². The van der Waals surface area contributed by atoms with Crippen molar-refractivity contribution in [1.29, 1.82) is 0 Å². The van der Waals surface area contributed by atoms with E-state index < -0.39 is 0 Å². The van der Waals surface area contributed by atoms with Crippen LogP contribution in [0.3, 0.4) is 0 Å². The second-order valence-corrected chi connectivity index (χ2v) is 4.50. The molecule has 3 rings (SSSR count). The van der Waals surface area contributed by atoms with E-state index in [4.69, 9.17) is 0 Å². The van der Waals surface area contributed by atoms with Crippen molar-refractivity contribution >= 4 is 5.91 Å². The molecule has 2 aromatic heterocycles. The molecule has 9 nitrogen and oxygen atoms in total. The fraction of sp³-hybridized carbons (Fsp3) is 0.600. The van der Waals surface area contributed by atoms with E-state index in [9.17, 15) is 4.79 Å². The number of piperidine rings is 1.